The standard InChI is InChI=1S/C23H30N6O/c1-3-28(4-2)13-7-14-29-15-11-20(27-29)26-23(30)18-16-25-19-10-5-8-17-9-6-12-24-22(17)21(18)19/h6,9,11-12,15-16,25H,3-5,7-8,10,13-14H2,1-2H3,(H,26,27,30). The molecule has 4 rings (SSSR count). The highest BCUT2D eigenvalue weighted by atomic mass is 16.1. The normalized spacial score (nSPS) is 13.0. The highest BCUT2D eigenvalue weighted by Gasteiger charge is 2.24. The maximum absolute atomic E-state index is 13.0. The third kappa shape index (κ3) is 4.31. The van der Waals surface area contributed by atoms with Gasteiger partial charge in [0.25, 0.3) is 5.91 Å². The van der Waals surface area contributed by atoms with E-state index >= 15 is 0 Å². The number of aryl methyl sites for hydroxylation is 3. The lowest BCUT2D eigenvalue weighted by atomic mass is 10.0. The molecule has 0 saturated heterocycles. The summed E-state index contributed by atoms with van der Waals surface area (Å²) in [7, 11) is 0. The summed E-state index contributed by atoms with van der Waals surface area (Å²) in [5.74, 6) is 0.423. The van der Waals surface area contributed by atoms with E-state index in [1.165, 1.54) is 5.56 Å². The van der Waals surface area contributed by atoms with E-state index in [9.17, 15) is 4.79 Å². The molecule has 0 bridgehead atoms. The number of carbonyl (C=O) groups is 1. The van der Waals surface area contributed by atoms with E-state index in [1.54, 1.807) is 12.4 Å². The minimum absolute atomic E-state index is 0.153. The Kier molecular flexibility index (Phi) is 6.28. The number of amides is 1. The van der Waals surface area contributed by atoms with Gasteiger partial charge in [0.2, 0.25) is 0 Å². The average Bonchev–Trinajstić information content (AvgIpc) is 3.34. The second kappa shape index (κ2) is 9.26. The summed E-state index contributed by atoms with van der Waals surface area (Å²) in [5.41, 5.74) is 4.75. The molecule has 3 heterocycles. The maximum Gasteiger partial charge on any atom is 0.259 e. The predicted molar refractivity (Wildman–Crippen MR) is 119 cm³/mol. The number of nitrogens with zero attached hydrogens (tertiary/aromatic N) is 4. The molecule has 7 nitrogen and oxygen atoms in total. The van der Waals surface area contributed by atoms with Gasteiger partial charge in [-0.25, -0.2) is 0 Å². The van der Waals surface area contributed by atoms with Gasteiger partial charge in [0.1, 0.15) is 0 Å². The van der Waals surface area contributed by atoms with E-state index in [1.807, 2.05) is 23.0 Å². The Balaban J connectivity index is 1.46. The van der Waals surface area contributed by atoms with Crippen LogP contribution in [0.1, 0.15) is 48.3 Å². The number of fused-ring (bicyclic) bond motifs is 3. The van der Waals surface area contributed by atoms with Gasteiger partial charge in [-0.3, -0.25) is 14.5 Å². The fraction of sp³-hybridized carbons (Fsp3) is 0.435. The van der Waals surface area contributed by atoms with Crippen molar-refractivity contribution in [2.24, 2.45) is 0 Å². The predicted octanol–water partition coefficient (Wildman–Crippen LogP) is 3.75. The minimum Gasteiger partial charge on any atom is -0.364 e. The van der Waals surface area contributed by atoms with Gasteiger partial charge < -0.3 is 15.2 Å². The van der Waals surface area contributed by atoms with Gasteiger partial charge in [-0.15, -0.1) is 0 Å². The zero-order valence-electron chi connectivity index (χ0n) is 17.8. The van der Waals surface area contributed by atoms with Gasteiger partial charge in [-0.05, 0) is 56.9 Å². The quantitative estimate of drug-likeness (QED) is 0.597. The number of aromatic amines is 1. The Morgan fingerprint density at radius 3 is 2.97 bits per heavy atom. The Morgan fingerprint density at radius 2 is 2.13 bits per heavy atom. The van der Waals surface area contributed by atoms with Crippen molar-refractivity contribution < 1.29 is 4.79 Å². The molecule has 0 atom stereocenters. The molecule has 1 amide bonds. The third-order valence-electron chi connectivity index (χ3n) is 5.85. The van der Waals surface area contributed by atoms with E-state index in [-0.39, 0.29) is 5.91 Å². The first-order valence-electron chi connectivity index (χ1n) is 10.9. The van der Waals surface area contributed by atoms with Crippen LogP contribution in [0.5, 0.6) is 0 Å². The van der Waals surface area contributed by atoms with Crippen molar-refractivity contribution >= 4 is 11.7 Å². The van der Waals surface area contributed by atoms with Crippen molar-refractivity contribution in [1.82, 2.24) is 24.6 Å². The van der Waals surface area contributed by atoms with E-state index in [0.717, 1.165) is 68.8 Å². The second-order valence-corrected chi connectivity index (χ2v) is 7.72. The van der Waals surface area contributed by atoms with E-state index in [2.05, 4.69) is 45.2 Å². The van der Waals surface area contributed by atoms with Crippen LogP contribution in [0.4, 0.5) is 5.82 Å². The highest BCUT2D eigenvalue weighted by Crippen LogP contribution is 2.33. The monoisotopic (exact) mass is 406 g/mol. The third-order valence-corrected chi connectivity index (χ3v) is 5.85. The molecule has 0 radical (unpaired) electrons. The Labute approximate surface area is 177 Å². The summed E-state index contributed by atoms with van der Waals surface area (Å²) >= 11 is 0. The number of aromatic nitrogens is 4. The number of anilines is 1. The summed E-state index contributed by atoms with van der Waals surface area (Å²) in [6.07, 6.45) is 9.49. The zero-order valence-corrected chi connectivity index (χ0v) is 17.8. The fourth-order valence-electron chi connectivity index (χ4n) is 4.17. The van der Waals surface area contributed by atoms with Crippen LogP contribution in [-0.4, -0.2) is 50.2 Å². The number of hydrogen-bond donors (Lipinski definition) is 2. The number of carbonyl (C=O) groups excluding carboxylic acids is 1. The molecule has 1 aliphatic rings. The average molecular weight is 407 g/mol. The van der Waals surface area contributed by atoms with Gasteiger partial charge in [0.15, 0.2) is 5.82 Å². The number of hydrogen-bond acceptors (Lipinski definition) is 4. The number of rotatable bonds is 8. The van der Waals surface area contributed by atoms with Crippen LogP contribution in [-0.2, 0) is 19.4 Å². The van der Waals surface area contributed by atoms with Crippen LogP contribution in [0.2, 0.25) is 0 Å². The first-order chi connectivity index (χ1) is 14.7. The molecule has 7 heteroatoms. The van der Waals surface area contributed by atoms with Gasteiger partial charge in [-0.2, -0.15) is 5.10 Å². The second-order valence-electron chi connectivity index (χ2n) is 7.72. The molecular weight excluding hydrogens is 376 g/mol. The molecule has 158 valence electrons. The summed E-state index contributed by atoms with van der Waals surface area (Å²) in [5, 5.41) is 7.48. The summed E-state index contributed by atoms with van der Waals surface area (Å²) in [6.45, 7) is 8.38. The van der Waals surface area contributed by atoms with Crippen LogP contribution in [0, 0.1) is 0 Å². The van der Waals surface area contributed by atoms with Crippen molar-refractivity contribution in [1.29, 1.82) is 0 Å². The minimum atomic E-state index is -0.153. The SMILES string of the molecule is CCN(CC)CCCn1ccc(NC(=O)c2c[nH]c3c2-c2ncccc2CCC3)n1. The van der Waals surface area contributed by atoms with Crippen molar-refractivity contribution in [3.63, 3.8) is 0 Å². The van der Waals surface area contributed by atoms with Crippen LogP contribution >= 0.6 is 0 Å². The van der Waals surface area contributed by atoms with Crippen molar-refractivity contribution in [3.8, 4) is 11.3 Å². The largest absolute Gasteiger partial charge is 0.364 e. The Morgan fingerprint density at radius 1 is 1.27 bits per heavy atom. The topological polar surface area (TPSA) is 78.8 Å². The van der Waals surface area contributed by atoms with Crippen molar-refractivity contribution in [2.75, 3.05) is 25.0 Å². The molecule has 0 aromatic carbocycles. The molecule has 0 spiro atoms. The summed E-state index contributed by atoms with van der Waals surface area (Å²) < 4.78 is 1.90. The lowest BCUT2D eigenvalue weighted by Crippen LogP contribution is -2.24. The molecule has 0 unspecified atom stereocenters. The molecule has 0 aliphatic heterocycles. The highest BCUT2D eigenvalue weighted by molar-refractivity contribution is 6.08. The number of pyridine rings is 1. The van der Waals surface area contributed by atoms with E-state index in [0.29, 0.717) is 11.4 Å². The molecule has 2 N–H and O–H groups in total. The molecule has 1 aliphatic carbocycles. The van der Waals surface area contributed by atoms with Gasteiger partial charge in [0, 0.05) is 42.5 Å². The van der Waals surface area contributed by atoms with Gasteiger partial charge >= 0.3 is 0 Å². The smallest absolute Gasteiger partial charge is 0.259 e. The number of nitrogens with one attached hydrogen (secondary N) is 2. The molecular formula is C23H30N6O. The van der Waals surface area contributed by atoms with E-state index in [4.69, 9.17) is 0 Å². The zero-order chi connectivity index (χ0) is 20.9. The molecule has 0 saturated carbocycles. The Bertz CT molecular complexity index is 1000. The first-order valence-corrected chi connectivity index (χ1v) is 10.9. The summed E-state index contributed by atoms with van der Waals surface area (Å²) in [4.78, 5) is 23.3. The van der Waals surface area contributed by atoms with Crippen LogP contribution in [0.3, 0.4) is 0 Å². The van der Waals surface area contributed by atoms with Gasteiger partial charge in [0.05, 0.1) is 11.3 Å². The lowest BCUT2D eigenvalue weighted by molar-refractivity contribution is 0.102. The molecule has 0 fully saturated rings. The molecule has 3 aromatic rings. The van der Waals surface area contributed by atoms with Crippen LogP contribution in [0.25, 0.3) is 11.3 Å². The van der Waals surface area contributed by atoms with Crippen molar-refractivity contribution in [2.45, 2.75) is 46.1 Å². The number of H-pyrrole nitrogens is 1. The van der Waals surface area contributed by atoms with E-state index < -0.39 is 0 Å². The molecule has 3 aromatic heterocycles. The van der Waals surface area contributed by atoms with Gasteiger partial charge in [-0.1, -0.05) is 19.9 Å². The molecule has 30 heavy (non-hydrogen) atoms. The first kappa shape index (κ1) is 20.3. The fourth-order valence-corrected chi connectivity index (χ4v) is 4.17. The van der Waals surface area contributed by atoms with Crippen LogP contribution < -0.4 is 5.32 Å². The summed E-state index contributed by atoms with van der Waals surface area (Å²) in [6, 6.07) is 5.92. The van der Waals surface area contributed by atoms with Crippen LogP contribution in [0.15, 0.2) is 36.8 Å². The maximum atomic E-state index is 13.0. The van der Waals surface area contributed by atoms with Crippen molar-refractivity contribution in [3.05, 3.63) is 53.6 Å². The Hall–Kier alpha value is -2.93. The lowest BCUT2D eigenvalue weighted by Gasteiger charge is -2.17.